The van der Waals surface area contributed by atoms with Gasteiger partial charge in [-0.1, -0.05) is 6.07 Å². The number of nitrogens with one attached hydrogen (secondary N) is 2. The highest BCUT2D eigenvalue weighted by Gasteiger charge is 2.24. The van der Waals surface area contributed by atoms with E-state index in [9.17, 15) is 14.9 Å². The predicted molar refractivity (Wildman–Crippen MR) is 83.7 cm³/mol. The van der Waals surface area contributed by atoms with Crippen LogP contribution in [0.15, 0.2) is 18.2 Å². The molecule has 0 bridgehead atoms. The number of nitrogens with zero attached hydrogens (tertiary/aromatic N) is 2. The maximum atomic E-state index is 12.2. The summed E-state index contributed by atoms with van der Waals surface area (Å²) in [5.41, 5.74) is 0.687. The highest BCUT2D eigenvalue weighted by atomic mass is 16.6. The summed E-state index contributed by atoms with van der Waals surface area (Å²) in [6, 6.07) is 4.40. The van der Waals surface area contributed by atoms with Crippen molar-refractivity contribution in [2.24, 2.45) is 0 Å². The van der Waals surface area contributed by atoms with Gasteiger partial charge in [0.25, 0.3) is 0 Å². The number of hydrogen-bond acceptors (Lipinski definition) is 5. The van der Waals surface area contributed by atoms with E-state index < -0.39 is 11.0 Å². The molecular weight excluding hydrogens is 272 g/mol. The van der Waals surface area contributed by atoms with E-state index in [1.807, 2.05) is 13.8 Å². The van der Waals surface area contributed by atoms with Gasteiger partial charge in [0.15, 0.2) is 0 Å². The summed E-state index contributed by atoms with van der Waals surface area (Å²) in [6.07, 6.45) is 0. The summed E-state index contributed by atoms with van der Waals surface area (Å²) in [4.78, 5) is 24.7. The zero-order chi connectivity index (χ0) is 16.0. The number of amides is 1. The minimum Gasteiger partial charge on any atom is -0.382 e. The number of carbonyl (C=O) groups is 1. The molecule has 0 aliphatic carbocycles. The smallest absolute Gasteiger partial charge is 0.315 e. The summed E-state index contributed by atoms with van der Waals surface area (Å²) < 4.78 is 0. The van der Waals surface area contributed by atoms with E-state index >= 15 is 0 Å². The summed E-state index contributed by atoms with van der Waals surface area (Å²) in [7, 11) is 1.62. The van der Waals surface area contributed by atoms with Crippen LogP contribution in [-0.2, 0) is 4.79 Å². The average molecular weight is 294 g/mol. The van der Waals surface area contributed by atoms with E-state index in [1.54, 1.807) is 37.1 Å². The molecule has 0 radical (unpaired) electrons. The van der Waals surface area contributed by atoms with Crippen molar-refractivity contribution >= 4 is 23.0 Å². The van der Waals surface area contributed by atoms with Gasteiger partial charge < -0.3 is 15.5 Å². The van der Waals surface area contributed by atoms with Gasteiger partial charge in [-0.3, -0.25) is 14.9 Å². The van der Waals surface area contributed by atoms with Crippen LogP contribution < -0.4 is 10.6 Å². The number of carbonyl (C=O) groups excluding carboxylic acids is 1. The molecular formula is C14H22N4O3. The second kappa shape index (κ2) is 7.47. The molecule has 1 unspecified atom stereocenters. The molecule has 1 aromatic carbocycles. The number of nitro groups is 1. The molecule has 0 aromatic heterocycles. The zero-order valence-corrected chi connectivity index (χ0v) is 12.8. The minimum absolute atomic E-state index is 0.0563. The van der Waals surface area contributed by atoms with E-state index in [4.69, 9.17) is 0 Å². The van der Waals surface area contributed by atoms with Crippen LogP contribution in [0.5, 0.6) is 0 Å². The van der Waals surface area contributed by atoms with Gasteiger partial charge in [0.05, 0.1) is 4.92 Å². The van der Waals surface area contributed by atoms with Gasteiger partial charge >= 0.3 is 5.69 Å². The van der Waals surface area contributed by atoms with Crippen LogP contribution in [0, 0.1) is 10.1 Å². The van der Waals surface area contributed by atoms with Crippen molar-refractivity contribution in [1.82, 2.24) is 4.90 Å². The lowest BCUT2D eigenvalue weighted by Gasteiger charge is -2.24. The Kier molecular flexibility index (Phi) is 5.95. The van der Waals surface area contributed by atoms with Crippen molar-refractivity contribution in [3.8, 4) is 0 Å². The first-order valence-electron chi connectivity index (χ1n) is 6.96. The lowest BCUT2D eigenvalue weighted by atomic mass is 10.2. The summed E-state index contributed by atoms with van der Waals surface area (Å²) in [5, 5.41) is 17.0. The fourth-order valence-electron chi connectivity index (χ4n) is 2.16. The van der Waals surface area contributed by atoms with Crippen LogP contribution in [0.1, 0.15) is 20.8 Å². The summed E-state index contributed by atoms with van der Waals surface area (Å²) in [5.74, 6) is -0.0795. The summed E-state index contributed by atoms with van der Waals surface area (Å²) in [6.45, 7) is 6.73. The van der Waals surface area contributed by atoms with Crippen LogP contribution in [0.2, 0.25) is 0 Å². The number of benzene rings is 1. The van der Waals surface area contributed by atoms with Crippen LogP contribution >= 0.6 is 0 Å². The molecule has 1 amide bonds. The van der Waals surface area contributed by atoms with Crippen LogP contribution in [0.3, 0.4) is 0 Å². The third kappa shape index (κ3) is 3.84. The number of anilines is 2. The van der Waals surface area contributed by atoms with E-state index in [-0.39, 0.29) is 11.6 Å². The second-order valence-electron chi connectivity index (χ2n) is 4.59. The third-order valence-electron chi connectivity index (χ3n) is 3.31. The molecule has 1 aromatic rings. The summed E-state index contributed by atoms with van der Waals surface area (Å²) >= 11 is 0. The highest BCUT2D eigenvalue weighted by molar-refractivity contribution is 5.86. The Balaban J connectivity index is 3.02. The molecule has 0 aliphatic rings. The van der Waals surface area contributed by atoms with E-state index in [0.717, 1.165) is 0 Å². The zero-order valence-electron chi connectivity index (χ0n) is 12.8. The molecule has 7 heteroatoms. The first-order valence-corrected chi connectivity index (χ1v) is 6.96. The molecule has 2 N–H and O–H groups in total. The fourth-order valence-corrected chi connectivity index (χ4v) is 2.16. The highest BCUT2D eigenvalue weighted by Crippen LogP contribution is 2.32. The van der Waals surface area contributed by atoms with Crippen molar-refractivity contribution < 1.29 is 9.72 Å². The van der Waals surface area contributed by atoms with Gasteiger partial charge in [-0.2, -0.15) is 0 Å². The average Bonchev–Trinajstić information content (AvgIpc) is 2.47. The number of likely N-dealkylation sites (N-methyl/N-ethyl adjacent to an activating group) is 1. The SMILES string of the molecule is CCN(CC)C(=O)C(C)Nc1cccc(NC)c1[N+](=O)[O-]. The van der Waals surface area contributed by atoms with E-state index in [0.29, 0.717) is 24.5 Å². The van der Waals surface area contributed by atoms with Gasteiger partial charge in [0.2, 0.25) is 5.91 Å². The van der Waals surface area contributed by atoms with E-state index in [1.165, 1.54) is 0 Å². The third-order valence-corrected chi connectivity index (χ3v) is 3.31. The fraction of sp³-hybridized carbons (Fsp3) is 0.500. The number of nitro benzene ring substituents is 1. The molecule has 0 heterocycles. The van der Waals surface area contributed by atoms with Gasteiger partial charge in [0.1, 0.15) is 17.4 Å². The maximum absolute atomic E-state index is 12.2. The lowest BCUT2D eigenvalue weighted by molar-refractivity contribution is -0.383. The normalized spacial score (nSPS) is 11.6. The molecule has 1 rings (SSSR count). The molecule has 0 saturated heterocycles. The number of para-hydroxylation sites is 1. The van der Waals surface area contributed by atoms with Crippen molar-refractivity contribution in [3.63, 3.8) is 0 Å². The maximum Gasteiger partial charge on any atom is 0.315 e. The van der Waals surface area contributed by atoms with E-state index in [2.05, 4.69) is 10.6 Å². The van der Waals surface area contributed by atoms with Crippen molar-refractivity contribution in [3.05, 3.63) is 28.3 Å². The predicted octanol–water partition coefficient (Wildman–Crippen LogP) is 2.31. The molecule has 0 spiro atoms. The van der Waals surface area contributed by atoms with Gasteiger partial charge in [-0.15, -0.1) is 0 Å². The standard InChI is InChI=1S/C14H22N4O3/c1-5-17(6-2)14(19)10(3)16-12-9-7-8-11(15-4)13(12)18(20)21/h7-10,15-16H,5-6H2,1-4H3. The Morgan fingerprint density at radius 1 is 1.33 bits per heavy atom. The molecule has 116 valence electrons. The Morgan fingerprint density at radius 3 is 2.38 bits per heavy atom. The molecule has 0 fully saturated rings. The van der Waals surface area contributed by atoms with Gasteiger partial charge in [0, 0.05) is 20.1 Å². The van der Waals surface area contributed by atoms with Crippen LogP contribution in [0.25, 0.3) is 0 Å². The molecule has 1 atom stereocenters. The Hall–Kier alpha value is -2.31. The number of hydrogen-bond donors (Lipinski definition) is 2. The molecule has 7 nitrogen and oxygen atoms in total. The molecule has 0 saturated carbocycles. The Labute approximate surface area is 124 Å². The van der Waals surface area contributed by atoms with Gasteiger partial charge in [-0.05, 0) is 32.9 Å². The van der Waals surface area contributed by atoms with Gasteiger partial charge in [-0.25, -0.2) is 0 Å². The Bertz CT molecular complexity index is 515. The topological polar surface area (TPSA) is 87.5 Å². The Morgan fingerprint density at radius 2 is 1.90 bits per heavy atom. The minimum atomic E-state index is -0.532. The first kappa shape index (κ1) is 16.7. The van der Waals surface area contributed by atoms with Crippen LogP contribution in [0.4, 0.5) is 17.1 Å². The second-order valence-corrected chi connectivity index (χ2v) is 4.59. The quantitative estimate of drug-likeness (QED) is 0.595. The lowest BCUT2D eigenvalue weighted by Crippen LogP contribution is -2.41. The monoisotopic (exact) mass is 294 g/mol. The first-order chi connectivity index (χ1) is 9.96. The number of rotatable bonds is 7. The molecule has 21 heavy (non-hydrogen) atoms. The van der Waals surface area contributed by atoms with Crippen molar-refractivity contribution in [2.75, 3.05) is 30.8 Å². The molecule has 0 aliphatic heterocycles. The largest absolute Gasteiger partial charge is 0.382 e. The van der Waals surface area contributed by atoms with Crippen molar-refractivity contribution in [2.45, 2.75) is 26.8 Å². The van der Waals surface area contributed by atoms with Crippen molar-refractivity contribution in [1.29, 1.82) is 0 Å². The van der Waals surface area contributed by atoms with Crippen LogP contribution in [-0.4, -0.2) is 41.9 Å².